The maximum Gasteiger partial charge on any atom is 0.223 e. The molecule has 0 aromatic heterocycles. The van der Waals surface area contributed by atoms with Gasteiger partial charge in [-0.3, -0.25) is 9.59 Å². The lowest BCUT2D eigenvalue weighted by atomic mass is 9.53. The van der Waals surface area contributed by atoms with Gasteiger partial charge in [0.1, 0.15) is 5.78 Å². The molecular formula is C11H19NO2. The lowest BCUT2D eigenvalue weighted by Crippen LogP contribution is -2.54. The predicted octanol–water partition coefficient (Wildman–Crippen LogP) is 1.37. The third-order valence-electron chi connectivity index (χ3n) is 3.43. The maximum absolute atomic E-state index is 11.6. The molecule has 0 aliphatic heterocycles. The van der Waals surface area contributed by atoms with Crippen molar-refractivity contribution in [3.05, 3.63) is 0 Å². The first-order chi connectivity index (χ1) is 6.41. The van der Waals surface area contributed by atoms with Crippen LogP contribution < -0.4 is 5.32 Å². The smallest absolute Gasteiger partial charge is 0.223 e. The molecule has 0 bridgehead atoms. The fourth-order valence-corrected chi connectivity index (χ4v) is 2.36. The normalized spacial score (nSPS) is 29.1. The Morgan fingerprint density at radius 1 is 1.36 bits per heavy atom. The third-order valence-corrected chi connectivity index (χ3v) is 3.43. The van der Waals surface area contributed by atoms with Crippen LogP contribution in [0.5, 0.6) is 0 Å². The van der Waals surface area contributed by atoms with Crippen molar-refractivity contribution in [1.82, 2.24) is 5.32 Å². The summed E-state index contributed by atoms with van der Waals surface area (Å²) in [4.78, 5) is 22.8. The third kappa shape index (κ3) is 1.68. The number of hydrogen-bond donors (Lipinski definition) is 1. The molecule has 0 radical (unpaired) electrons. The van der Waals surface area contributed by atoms with Crippen LogP contribution in [0, 0.1) is 17.3 Å². The summed E-state index contributed by atoms with van der Waals surface area (Å²) in [6.07, 6.45) is 0.716. The van der Waals surface area contributed by atoms with E-state index in [4.69, 9.17) is 0 Å². The minimum absolute atomic E-state index is 0.0105. The van der Waals surface area contributed by atoms with Crippen LogP contribution in [0.1, 0.15) is 34.1 Å². The van der Waals surface area contributed by atoms with Crippen LogP contribution in [0.25, 0.3) is 0 Å². The van der Waals surface area contributed by atoms with Gasteiger partial charge in [0.15, 0.2) is 0 Å². The first-order valence-electron chi connectivity index (χ1n) is 5.19. The van der Waals surface area contributed by atoms with Crippen molar-refractivity contribution in [2.24, 2.45) is 17.3 Å². The minimum atomic E-state index is -0.162. The summed E-state index contributed by atoms with van der Waals surface area (Å²) < 4.78 is 0. The number of carbonyl (C=O) groups is 2. The Morgan fingerprint density at radius 3 is 2.29 bits per heavy atom. The highest BCUT2D eigenvalue weighted by molar-refractivity contribution is 5.87. The molecule has 1 rings (SSSR count). The van der Waals surface area contributed by atoms with E-state index >= 15 is 0 Å². The van der Waals surface area contributed by atoms with Gasteiger partial charge < -0.3 is 5.32 Å². The summed E-state index contributed by atoms with van der Waals surface area (Å²) in [7, 11) is 0. The van der Waals surface area contributed by atoms with Gasteiger partial charge in [0.05, 0.1) is 0 Å². The van der Waals surface area contributed by atoms with Crippen LogP contribution in [0.2, 0.25) is 0 Å². The molecule has 0 spiro atoms. The van der Waals surface area contributed by atoms with E-state index in [1.807, 2.05) is 20.8 Å². The molecule has 1 fully saturated rings. The summed E-state index contributed by atoms with van der Waals surface area (Å²) in [6, 6.07) is 0. The van der Waals surface area contributed by atoms with Gasteiger partial charge in [-0.2, -0.15) is 0 Å². The zero-order chi connectivity index (χ0) is 10.9. The Hall–Kier alpha value is -0.860. The molecule has 1 aliphatic rings. The molecule has 0 heterocycles. The highest BCUT2D eigenvalue weighted by Crippen LogP contribution is 2.51. The van der Waals surface area contributed by atoms with E-state index in [9.17, 15) is 9.59 Å². The molecule has 0 aromatic carbocycles. The van der Waals surface area contributed by atoms with Crippen molar-refractivity contribution in [1.29, 1.82) is 0 Å². The lowest BCUT2D eigenvalue weighted by Gasteiger charge is -2.49. The molecule has 1 N–H and O–H groups in total. The molecule has 2 unspecified atom stereocenters. The molecule has 0 saturated heterocycles. The summed E-state index contributed by atoms with van der Waals surface area (Å²) in [6.45, 7) is 8.19. The van der Waals surface area contributed by atoms with Gasteiger partial charge in [-0.1, -0.05) is 13.8 Å². The van der Waals surface area contributed by atoms with Crippen LogP contribution in [0.3, 0.4) is 0 Å². The average Bonchev–Trinajstić information content (AvgIpc) is 2.02. The second-order valence-corrected chi connectivity index (χ2v) is 4.67. The molecule has 80 valence electrons. The predicted molar refractivity (Wildman–Crippen MR) is 54.7 cm³/mol. The van der Waals surface area contributed by atoms with E-state index in [0.29, 0.717) is 13.0 Å². The second kappa shape index (κ2) is 3.71. The zero-order valence-electron chi connectivity index (χ0n) is 9.39. The molecule has 3 heteroatoms. The van der Waals surface area contributed by atoms with Gasteiger partial charge >= 0.3 is 0 Å². The zero-order valence-corrected chi connectivity index (χ0v) is 9.39. The average molecular weight is 197 g/mol. The Balaban J connectivity index is 2.63. The summed E-state index contributed by atoms with van der Waals surface area (Å²) in [5.41, 5.74) is -0.162. The maximum atomic E-state index is 11.6. The highest BCUT2D eigenvalue weighted by atomic mass is 16.2. The standard InChI is InChI=1S/C11H19NO2/c1-5-12-10(14)9-6-8(7(2)13)11(9,3)4/h8-9H,5-6H2,1-4H3,(H,12,14). The fraction of sp³-hybridized carbons (Fsp3) is 0.818. The van der Waals surface area contributed by atoms with Gasteiger partial charge in [0.25, 0.3) is 0 Å². The Kier molecular flexibility index (Phi) is 2.98. The Bertz CT molecular complexity index is 258. The number of ketones is 1. The second-order valence-electron chi connectivity index (χ2n) is 4.67. The van der Waals surface area contributed by atoms with E-state index in [2.05, 4.69) is 5.32 Å². The first-order valence-corrected chi connectivity index (χ1v) is 5.19. The van der Waals surface area contributed by atoms with Crippen LogP contribution in [0.15, 0.2) is 0 Å². The van der Waals surface area contributed by atoms with E-state index < -0.39 is 0 Å². The van der Waals surface area contributed by atoms with E-state index in [1.165, 1.54) is 0 Å². The monoisotopic (exact) mass is 197 g/mol. The molecule has 1 amide bonds. The van der Waals surface area contributed by atoms with Crippen molar-refractivity contribution in [3.63, 3.8) is 0 Å². The summed E-state index contributed by atoms with van der Waals surface area (Å²) in [5.74, 6) is 0.372. The van der Waals surface area contributed by atoms with Crippen LogP contribution >= 0.6 is 0 Å². The van der Waals surface area contributed by atoms with Crippen molar-refractivity contribution < 1.29 is 9.59 Å². The summed E-state index contributed by atoms with van der Waals surface area (Å²) >= 11 is 0. The Labute approximate surface area is 85.3 Å². The van der Waals surface area contributed by atoms with Gasteiger partial charge in [0.2, 0.25) is 5.91 Å². The highest BCUT2D eigenvalue weighted by Gasteiger charge is 2.53. The van der Waals surface area contributed by atoms with Gasteiger partial charge in [0, 0.05) is 18.4 Å². The molecule has 3 nitrogen and oxygen atoms in total. The van der Waals surface area contributed by atoms with Crippen molar-refractivity contribution in [2.75, 3.05) is 6.54 Å². The number of amides is 1. The van der Waals surface area contributed by atoms with Crippen LogP contribution in [0.4, 0.5) is 0 Å². The molecular weight excluding hydrogens is 178 g/mol. The molecule has 2 atom stereocenters. The molecule has 1 saturated carbocycles. The number of nitrogens with one attached hydrogen (secondary N) is 1. The van der Waals surface area contributed by atoms with E-state index in [0.717, 1.165) is 0 Å². The number of carbonyl (C=O) groups excluding carboxylic acids is 2. The van der Waals surface area contributed by atoms with Gasteiger partial charge in [-0.25, -0.2) is 0 Å². The minimum Gasteiger partial charge on any atom is -0.356 e. The molecule has 1 aliphatic carbocycles. The topological polar surface area (TPSA) is 46.2 Å². The quantitative estimate of drug-likeness (QED) is 0.742. The van der Waals surface area contributed by atoms with Gasteiger partial charge in [-0.05, 0) is 25.7 Å². The van der Waals surface area contributed by atoms with Crippen molar-refractivity contribution >= 4 is 11.7 Å². The van der Waals surface area contributed by atoms with Crippen molar-refractivity contribution in [3.8, 4) is 0 Å². The van der Waals surface area contributed by atoms with Gasteiger partial charge in [-0.15, -0.1) is 0 Å². The first kappa shape index (κ1) is 11.2. The number of Topliss-reactive ketones (excluding diaryl/α,β-unsaturated/α-hetero) is 1. The van der Waals surface area contributed by atoms with E-state index in [1.54, 1.807) is 6.92 Å². The Morgan fingerprint density at radius 2 is 1.93 bits per heavy atom. The van der Waals surface area contributed by atoms with Crippen molar-refractivity contribution in [2.45, 2.75) is 34.1 Å². The lowest BCUT2D eigenvalue weighted by molar-refractivity contribution is -0.148. The number of hydrogen-bond acceptors (Lipinski definition) is 2. The molecule has 14 heavy (non-hydrogen) atoms. The largest absolute Gasteiger partial charge is 0.356 e. The number of rotatable bonds is 3. The summed E-state index contributed by atoms with van der Waals surface area (Å²) in [5, 5.41) is 2.81. The SMILES string of the molecule is CCNC(=O)C1CC(C(C)=O)C1(C)C. The molecule has 0 aromatic rings. The fourth-order valence-electron chi connectivity index (χ4n) is 2.36. The van der Waals surface area contributed by atoms with E-state index in [-0.39, 0.29) is 28.9 Å². The van der Waals surface area contributed by atoms with Crippen LogP contribution in [-0.2, 0) is 9.59 Å². The van der Waals surface area contributed by atoms with Crippen LogP contribution in [-0.4, -0.2) is 18.2 Å².